The number of benzene rings is 1. The molecular weight excluding hydrogens is 490 g/mol. The van der Waals surface area contributed by atoms with Gasteiger partial charge in [-0.15, -0.1) is 0 Å². The van der Waals surface area contributed by atoms with E-state index >= 15 is 0 Å². The molecule has 0 atom stereocenters. The maximum atomic E-state index is 12.0. The van der Waals surface area contributed by atoms with Gasteiger partial charge in [0.1, 0.15) is 5.75 Å². The zero-order valence-electron chi connectivity index (χ0n) is 16.8. The first-order valence-electron chi connectivity index (χ1n) is 8.47. The van der Waals surface area contributed by atoms with Crippen molar-refractivity contribution >= 4 is 49.9 Å². The van der Waals surface area contributed by atoms with Crippen molar-refractivity contribution in [3.63, 3.8) is 0 Å². The van der Waals surface area contributed by atoms with Gasteiger partial charge in [-0.1, -0.05) is 6.07 Å². The summed E-state index contributed by atoms with van der Waals surface area (Å²) < 4.78 is 70.3. The van der Waals surface area contributed by atoms with Gasteiger partial charge in [-0.3, -0.25) is 14.1 Å². The number of nitrogens with two attached hydrogens (primary N) is 1. The number of nitrogens with one attached hydrogen (secondary N) is 3. The normalized spacial score (nSPS) is 12.1. The number of hydrogen-bond donors (Lipinski definition) is 5. The van der Waals surface area contributed by atoms with Gasteiger partial charge < -0.3 is 15.8 Å². The van der Waals surface area contributed by atoms with Crippen molar-refractivity contribution in [3.05, 3.63) is 23.8 Å². The largest absolute Gasteiger partial charge is 0.370 e. The SMILES string of the molecule is COCNCNOSc1nc(N)nc(Nc2cc(S(=O)(=O)OC)ccc2CS(=O)(=O)O)n1. The van der Waals surface area contributed by atoms with Gasteiger partial charge in [-0.05, 0) is 17.7 Å². The highest BCUT2D eigenvalue weighted by molar-refractivity contribution is 7.94. The van der Waals surface area contributed by atoms with E-state index in [2.05, 4.69) is 35.2 Å². The quantitative estimate of drug-likeness (QED) is 0.0577. The lowest BCUT2D eigenvalue weighted by atomic mass is 10.2. The van der Waals surface area contributed by atoms with Crippen molar-refractivity contribution in [2.24, 2.45) is 0 Å². The van der Waals surface area contributed by atoms with Crippen LogP contribution in [0.15, 0.2) is 28.3 Å². The average Bonchev–Trinajstić information content (AvgIpc) is 2.70. The van der Waals surface area contributed by atoms with Gasteiger partial charge in [-0.2, -0.15) is 37.3 Å². The lowest BCUT2D eigenvalue weighted by Crippen LogP contribution is -2.28. The Morgan fingerprint density at radius 1 is 1.16 bits per heavy atom. The number of ether oxygens (including phenoxy) is 1. The second-order valence-corrected chi connectivity index (χ2v) is 9.63. The Kier molecular flexibility index (Phi) is 9.48. The summed E-state index contributed by atoms with van der Waals surface area (Å²) >= 11 is 0.717. The van der Waals surface area contributed by atoms with Crippen LogP contribution in [0.4, 0.5) is 17.6 Å². The fourth-order valence-electron chi connectivity index (χ4n) is 2.13. The van der Waals surface area contributed by atoms with E-state index in [9.17, 15) is 21.4 Å². The Balaban J connectivity index is 2.27. The highest BCUT2D eigenvalue weighted by atomic mass is 32.2. The summed E-state index contributed by atoms with van der Waals surface area (Å²) in [5, 5.41) is 5.55. The van der Waals surface area contributed by atoms with Crippen molar-refractivity contribution < 1.29 is 34.6 Å². The van der Waals surface area contributed by atoms with Crippen molar-refractivity contribution in [1.82, 2.24) is 25.7 Å². The van der Waals surface area contributed by atoms with Gasteiger partial charge in [0.25, 0.3) is 20.2 Å². The van der Waals surface area contributed by atoms with Crippen LogP contribution in [0.1, 0.15) is 5.56 Å². The van der Waals surface area contributed by atoms with Gasteiger partial charge in [0.05, 0.1) is 37.4 Å². The zero-order chi connectivity index (χ0) is 23.8. The summed E-state index contributed by atoms with van der Waals surface area (Å²) in [6.07, 6.45) is 0. The molecule has 178 valence electrons. The predicted octanol–water partition coefficient (Wildman–Crippen LogP) is -0.400. The van der Waals surface area contributed by atoms with Crippen molar-refractivity contribution in [2.45, 2.75) is 15.8 Å². The zero-order valence-corrected chi connectivity index (χ0v) is 19.3. The molecule has 2 rings (SSSR count). The predicted molar refractivity (Wildman–Crippen MR) is 113 cm³/mol. The van der Waals surface area contributed by atoms with Crippen LogP contribution in [0.5, 0.6) is 0 Å². The van der Waals surface area contributed by atoms with Crippen LogP contribution in [0.3, 0.4) is 0 Å². The summed E-state index contributed by atoms with van der Waals surface area (Å²) in [5.74, 6) is -1.13. The van der Waals surface area contributed by atoms with E-state index in [0.717, 1.165) is 19.2 Å². The molecule has 0 spiro atoms. The van der Waals surface area contributed by atoms with Gasteiger partial charge >= 0.3 is 0 Å². The summed E-state index contributed by atoms with van der Waals surface area (Å²) in [6.45, 7) is 0.559. The van der Waals surface area contributed by atoms with E-state index in [1.807, 2.05) is 0 Å². The molecule has 0 aliphatic heterocycles. The van der Waals surface area contributed by atoms with Crippen LogP contribution in [0.25, 0.3) is 0 Å². The number of nitrogens with zero attached hydrogens (tertiary/aromatic N) is 3. The molecule has 1 aromatic carbocycles. The molecule has 0 fully saturated rings. The van der Waals surface area contributed by atoms with Gasteiger partial charge in [0, 0.05) is 12.8 Å². The topological polar surface area (TPSA) is 217 Å². The molecule has 0 radical (unpaired) electrons. The van der Waals surface area contributed by atoms with Gasteiger partial charge in [0.15, 0.2) is 0 Å². The lowest BCUT2D eigenvalue weighted by molar-refractivity contribution is 0.148. The molecule has 0 saturated carbocycles. The molecule has 0 aliphatic carbocycles. The third-order valence-corrected chi connectivity index (χ3v) is 5.90. The Bertz CT molecular complexity index is 1130. The molecule has 18 heteroatoms. The summed E-state index contributed by atoms with van der Waals surface area (Å²) in [4.78, 5) is 11.5. The molecule has 15 nitrogen and oxygen atoms in total. The van der Waals surface area contributed by atoms with E-state index in [-0.39, 0.29) is 39.9 Å². The summed E-state index contributed by atoms with van der Waals surface area (Å²) in [6, 6.07) is 3.43. The highest BCUT2D eigenvalue weighted by Gasteiger charge is 2.19. The molecule has 0 amide bonds. The number of rotatable bonds is 13. The Morgan fingerprint density at radius 2 is 1.91 bits per heavy atom. The number of hydroxylamine groups is 1. The monoisotopic (exact) mass is 511 g/mol. The van der Waals surface area contributed by atoms with Crippen LogP contribution in [-0.2, 0) is 39.2 Å². The third-order valence-electron chi connectivity index (χ3n) is 3.42. The van der Waals surface area contributed by atoms with Crippen molar-refractivity contribution in [3.8, 4) is 0 Å². The smallest absolute Gasteiger partial charge is 0.296 e. The average molecular weight is 512 g/mol. The van der Waals surface area contributed by atoms with Crippen LogP contribution < -0.4 is 21.8 Å². The van der Waals surface area contributed by atoms with Gasteiger partial charge in [0.2, 0.25) is 17.1 Å². The highest BCUT2D eigenvalue weighted by Crippen LogP contribution is 2.26. The molecule has 1 heterocycles. The number of methoxy groups -OCH3 is 1. The van der Waals surface area contributed by atoms with Crippen molar-refractivity contribution in [2.75, 3.05) is 38.7 Å². The number of hydrogen-bond acceptors (Lipinski definition) is 15. The maximum absolute atomic E-state index is 12.0. The Hall–Kier alpha value is -2.16. The first-order valence-corrected chi connectivity index (χ1v) is 12.2. The van der Waals surface area contributed by atoms with E-state index in [1.165, 1.54) is 13.2 Å². The Morgan fingerprint density at radius 3 is 2.56 bits per heavy atom. The van der Waals surface area contributed by atoms with Crippen LogP contribution in [0.2, 0.25) is 0 Å². The van der Waals surface area contributed by atoms with Gasteiger partial charge in [-0.25, -0.2) is 4.28 Å². The Labute approximate surface area is 188 Å². The van der Waals surface area contributed by atoms with E-state index in [4.69, 9.17) is 14.8 Å². The van der Waals surface area contributed by atoms with E-state index in [1.54, 1.807) is 0 Å². The molecule has 0 saturated heterocycles. The number of nitrogen functional groups attached to an aromatic ring is 1. The molecule has 0 aliphatic rings. The number of aromatic nitrogens is 3. The minimum absolute atomic E-state index is 0.0230. The molecule has 0 bridgehead atoms. The number of anilines is 3. The second-order valence-electron chi connectivity index (χ2n) is 5.76. The van der Waals surface area contributed by atoms with Crippen LogP contribution in [-0.4, -0.2) is 64.0 Å². The van der Waals surface area contributed by atoms with E-state index < -0.39 is 26.0 Å². The fraction of sp³-hybridized carbons (Fsp3) is 0.357. The first-order chi connectivity index (χ1) is 15.0. The standard InChI is InChI=1S/C14H21N7O8S3/c1-27-8-16-7-17-29-30-14-20-12(15)19-13(21-14)18-11-5-10(32(25,26)28-2)4-3-9(11)6-31(22,23)24/h3-5,16-17H,6-8H2,1-2H3,(H,22,23,24)(H3,15,18,19,20,21). The minimum atomic E-state index is -4.43. The second kappa shape index (κ2) is 11.6. The first kappa shape index (κ1) is 26.1. The molecule has 0 unspecified atom stereocenters. The minimum Gasteiger partial charge on any atom is -0.370 e. The lowest BCUT2D eigenvalue weighted by Gasteiger charge is -2.13. The molecule has 6 N–H and O–H groups in total. The molecular formula is C14H21N7O8S3. The summed E-state index contributed by atoms with van der Waals surface area (Å²) in [5.41, 5.74) is 8.25. The maximum Gasteiger partial charge on any atom is 0.296 e. The third kappa shape index (κ3) is 8.41. The molecule has 1 aromatic heterocycles. The summed E-state index contributed by atoms with van der Waals surface area (Å²) in [7, 11) is -6.02. The van der Waals surface area contributed by atoms with Crippen LogP contribution >= 0.6 is 12.0 Å². The van der Waals surface area contributed by atoms with Crippen molar-refractivity contribution in [1.29, 1.82) is 0 Å². The van der Waals surface area contributed by atoms with E-state index in [0.29, 0.717) is 18.8 Å². The van der Waals surface area contributed by atoms with Crippen LogP contribution in [0, 0.1) is 0 Å². The fourth-order valence-corrected chi connectivity index (χ4v) is 3.91. The molecule has 32 heavy (non-hydrogen) atoms. The molecule has 2 aromatic rings.